The van der Waals surface area contributed by atoms with Gasteiger partial charge in [0.1, 0.15) is 5.82 Å². The molecule has 0 bridgehead atoms. The second kappa shape index (κ2) is 6.33. The van der Waals surface area contributed by atoms with Gasteiger partial charge in [-0.2, -0.15) is 0 Å². The van der Waals surface area contributed by atoms with E-state index in [9.17, 15) is 8.42 Å². The predicted octanol–water partition coefficient (Wildman–Crippen LogP) is 1.85. The lowest BCUT2D eigenvalue weighted by Gasteiger charge is -2.08. The van der Waals surface area contributed by atoms with Crippen LogP contribution in [0.4, 0.5) is 11.5 Å². The Morgan fingerprint density at radius 1 is 1.15 bits per heavy atom. The van der Waals surface area contributed by atoms with E-state index in [0.29, 0.717) is 18.1 Å². The van der Waals surface area contributed by atoms with Crippen molar-refractivity contribution in [3.63, 3.8) is 0 Å². The van der Waals surface area contributed by atoms with Crippen molar-refractivity contribution < 1.29 is 8.42 Å². The van der Waals surface area contributed by atoms with E-state index in [4.69, 9.17) is 0 Å². The van der Waals surface area contributed by atoms with Gasteiger partial charge in [-0.15, -0.1) is 0 Å². The van der Waals surface area contributed by atoms with Crippen molar-refractivity contribution in [3.05, 3.63) is 48.4 Å². The molecule has 0 aliphatic rings. The molecule has 106 valence electrons. The van der Waals surface area contributed by atoms with Gasteiger partial charge in [-0.05, 0) is 36.8 Å². The number of hydrogen-bond donors (Lipinski definition) is 2. The van der Waals surface area contributed by atoms with Crippen LogP contribution in [-0.2, 0) is 16.6 Å². The van der Waals surface area contributed by atoms with Crippen LogP contribution in [0.5, 0.6) is 0 Å². The lowest BCUT2D eigenvalue weighted by atomic mass is 10.3. The van der Waals surface area contributed by atoms with Crippen LogP contribution in [0.15, 0.2) is 42.9 Å². The first-order valence-corrected chi connectivity index (χ1v) is 7.83. The average molecular weight is 292 g/mol. The summed E-state index contributed by atoms with van der Waals surface area (Å²) < 4.78 is 25.3. The Kier molecular flexibility index (Phi) is 4.52. The maximum Gasteiger partial charge on any atom is 0.232 e. The summed E-state index contributed by atoms with van der Waals surface area (Å²) in [6.45, 7) is 2.22. The summed E-state index contributed by atoms with van der Waals surface area (Å²) >= 11 is 0. The third-order valence-corrected chi connectivity index (χ3v) is 3.95. The number of rotatable bonds is 6. The van der Waals surface area contributed by atoms with E-state index in [1.807, 2.05) is 12.1 Å². The van der Waals surface area contributed by atoms with Gasteiger partial charge < -0.3 is 5.32 Å². The van der Waals surface area contributed by atoms with E-state index < -0.39 is 10.0 Å². The van der Waals surface area contributed by atoms with Crippen LogP contribution < -0.4 is 10.0 Å². The first kappa shape index (κ1) is 14.3. The molecule has 0 aliphatic carbocycles. The second-order valence-corrected chi connectivity index (χ2v) is 6.16. The normalized spacial score (nSPS) is 11.1. The molecule has 0 unspecified atom stereocenters. The molecule has 2 aromatic heterocycles. The van der Waals surface area contributed by atoms with E-state index in [-0.39, 0.29) is 5.75 Å². The number of anilines is 2. The summed E-state index contributed by atoms with van der Waals surface area (Å²) in [6.07, 6.45) is 4.95. The van der Waals surface area contributed by atoms with Crippen LogP contribution in [0.1, 0.15) is 12.5 Å². The molecule has 0 saturated heterocycles. The van der Waals surface area contributed by atoms with E-state index in [1.165, 1.54) is 6.20 Å². The van der Waals surface area contributed by atoms with Crippen molar-refractivity contribution in [3.8, 4) is 0 Å². The standard InChI is InChI=1S/C13H16N4O2S/c1-2-20(18,19)17-12-3-4-13(16-10-12)15-9-11-5-7-14-8-6-11/h3-8,10,17H,2,9H2,1H3,(H,15,16). The molecule has 0 atom stereocenters. The van der Waals surface area contributed by atoms with Crippen molar-refractivity contribution in [1.29, 1.82) is 0 Å². The highest BCUT2D eigenvalue weighted by Gasteiger charge is 2.06. The molecule has 20 heavy (non-hydrogen) atoms. The molecular weight excluding hydrogens is 276 g/mol. The molecule has 2 N–H and O–H groups in total. The molecule has 0 aromatic carbocycles. The van der Waals surface area contributed by atoms with Crippen LogP contribution in [-0.4, -0.2) is 24.1 Å². The maximum absolute atomic E-state index is 11.4. The number of pyridine rings is 2. The fourth-order valence-corrected chi connectivity index (χ4v) is 2.13. The van der Waals surface area contributed by atoms with Crippen molar-refractivity contribution in [1.82, 2.24) is 9.97 Å². The van der Waals surface area contributed by atoms with Crippen LogP contribution in [0.3, 0.4) is 0 Å². The van der Waals surface area contributed by atoms with Gasteiger partial charge in [0.25, 0.3) is 0 Å². The smallest absolute Gasteiger partial charge is 0.232 e. The van der Waals surface area contributed by atoms with Gasteiger partial charge in [0, 0.05) is 18.9 Å². The van der Waals surface area contributed by atoms with Gasteiger partial charge in [0.15, 0.2) is 0 Å². The van der Waals surface area contributed by atoms with E-state index in [0.717, 1.165) is 5.56 Å². The molecule has 2 aromatic rings. The number of hydrogen-bond acceptors (Lipinski definition) is 5. The molecule has 0 fully saturated rings. The van der Waals surface area contributed by atoms with Crippen LogP contribution in [0.2, 0.25) is 0 Å². The van der Waals surface area contributed by atoms with E-state index >= 15 is 0 Å². The van der Waals surface area contributed by atoms with Crippen molar-refractivity contribution >= 4 is 21.5 Å². The first-order valence-electron chi connectivity index (χ1n) is 6.18. The van der Waals surface area contributed by atoms with Crippen molar-refractivity contribution in [2.24, 2.45) is 0 Å². The van der Waals surface area contributed by atoms with Gasteiger partial charge >= 0.3 is 0 Å². The Morgan fingerprint density at radius 2 is 1.90 bits per heavy atom. The first-order chi connectivity index (χ1) is 9.59. The summed E-state index contributed by atoms with van der Waals surface area (Å²) in [4.78, 5) is 8.10. The highest BCUT2D eigenvalue weighted by atomic mass is 32.2. The number of aromatic nitrogens is 2. The summed E-state index contributed by atoms with van der Waals surface area (Å²) in [6, 6.07) is 7.23. The fraction of sp³-hybridized carbons (Fsp3) is 0.231. The molecule has 0 spiro atoms. The average Bonchev–Trinajstić information content (AvgIpc) is 2.47. The second-order valence-electron chi connectivity index (χ2n) is 4.15. The Labute approximate surface area is 118 Å². The number of sulfonamides is 1. The van der Waals surface area contributed by atoms with Crippen LogP contribution in [0.25, 0.3) is 0 Å². The van der Waals surface area contributed by atoms with Crippen LogP contribution in [0, 0.1) is 0 Å². The van der Waals surface area contributed by atoms with Gasteiger partial charge in [0.05, 0.1) is 17.6 Å². The Morgan fingerprint density at radius 3 is 2.50 bits per heavy atom. The lowest BCUT2D eigenvalue weighted by Crippen LogP contribution is -2.14. The minimum atomic E-state index is -3.26. The van der Waals surface area contributed by atoms with Crippen molar-refractivity contribution in [2.75, 3.05) is 15.8 Å². The summed E-state index contributed by atoms with van der Waals surface area (Å²) in [7, 11) is -3.26. The zero-order chi connectivity index (χ0) is 14.4. The molecule has 2 rings (SSSR count). The molecule has 7 heteroatoms. The zero-order valence-electron chi connectivity index (χ0n) is 11.1. The maximum atomic E-state index is 11.4. The summed E-state index contributed by atoms with van der Waals surface area (Å²) in [5.41, 5.74) is 1.55. The summed E-state index contributed by atoms with van der Waals surface area (Å²) in [5.74, 6) is 0.718. The largest absolute Gasteiger partial charge is 0.366 e. The molecular formula is C13H16N4O2S. The number of nitrogens with zero attached hydrogens (tertiary/aromatic N) is 2. The molecule has 0 amide bonds. The lowest BCUT2D eigenvalue weighted by molar-refractivity contribution is 0.602. The topological polar surface area (TPSA) is 84.0 Å². The highest BCUT2D eigenvalue weighted by Crippen LogP contribution is 2.12. The SMILES string of the molecule is CCS(=O)(=O)Nc1ccc(NCc2ccncc2)nc1. The zero-order valence-corrected chi connectivity index (χ0v) is 11.9. The minimum absolute atomic E-state index is 0.0368. The fourth-order valence-electron chi connectivity index (χ4n) is 1.50. The Balaban J connectivity index is 1.95. The minimum Gasteiger partial charge on any atom is -0.366 e. The third-order valence-electron chi connectivity index (χ3n) is 2.64. The molecule has 6 nitrogen and oxygen atoms in total. The van der Waals surface area contributed by atoms with Gasteiger partial charge in [-0.1, -0.05) is 0 Å². The quantitative estimate of drug-likeness (QED) is 0.849. The molecule has 0 saturated carbocycles. The van der Waals surface area contributed by atoms with E-state index in [1.54, 1.807) is 31.5 Å². The van der Waals surface area contributed by atoms with Gasteiger partial charge in [-0.3, -0.25) is 9.71 Å². The highest BCUT2D eigenvalue weighted by molar-refractivity contribution is 7.92. The van der Waals surface area contributed by atoms with Crippen molar-refractivity contribution in [2.45, 2.75) is 13.5 Å². The summed E-state index contributed by atoms with van der Waals surface area (Å²) in [5, 5.41) is 3.15. The predicted molar refractivity (Wildman–Crippen MR) is 78.9 cm³/mol. The van der Waals surface area contributed by atoms with Gasteiger partial charge in [-0.25, -0.2) is 13.4 Å². The molecule has 0 radical (unpaired) electrons. The molecule has 2 heterocycles. The van der Waals surface area contributed by atoms with Gasteiger partial charge in [0.2, 0.25) is 10.0 Å². The monoisotopic (exact) mass is 292 g/mol. The van der Waals surface area contributed by atoms with E-state index in [2.05, 4.69) is 20.0 Å². The van der Waals surface area contributed by atoms with Crippen LogP contribution >= 0.6 is 0 Å². The Bertz CT molecular complexity index is 642. The third kappa shape index (κ3) is 4.20. The molecule has 0 aliphatic heterocycles. The Hall–Kier alpha value is -2.15. The number of nitrogens with one attached hydrogen (secondary N) is 2.